The number of methoxy groups -OCH3 is 1. The Balaban J connectivity index is 2.37. The minimum absolute atomic E-state index is 0.0996. The summed E-state index contributed by atoms with van der Waals surface area (Å²) >= 11 is 0. The summed E-state index contributed by atoms with van der Waals surface area (Å²) < 4.78 is 12.9. The van der Waals surface area contributed by atoms with Crippen molar-refractivity contribution in [3.8, 4) is 5.88 Å². The molecule has 0 aromatic carbocycles. The van der Waals surface area contributed by atoms with Crippen molar-refractivity contribution in [1.82, 2.24) is 9.78 Å². The minimum Gasteiger partial charge on any atom is -0.481 e. The summed E-state index contributed by atoms with van der Waals surface area (Å²) in [5.74, 6) is 0.869. The van der Waals surface area contributed by atoms with E-state index in [4.69, 9.17) is 9.47 Å². The SMILES string of the molecule is COc1c(C2OCCCC2CO)c(C)nn1C. The first-order chi connectivity index (χ1) is 8.19. The van der Waals surface area contributed by atoms with Crippen LogP contribution in [0.15, 0.2) is 0 Å². The highest BCUT2D eigenvalue weighted by Gasteiger charge is 2.32. The van der Waals surface area contributed by atoms with Crippen molar-refractivity contribution in [2.45, 2.75) is 25.9 Å². The third-order valence-electron chi connectivity index (χ3n) is 3.37. The van der Waals surface area contributed by atoms with Gasteiger partial charge < -0.3 is 14.6 Å². The lowest BCUT2D eigenvalue weighted by Gasteiger charge is -2.30. The molecule has 1 fully saturated rings. The Morgan fingerprint density at radius 2 is 2.35 bits per heavy atom. The Hall–Kier alpha value is -1.07. The number of aliphatic hydroxyl groups is 1. The molecule has 0 aliphatic carbocycles. The Bertz CT molecular complexity index is 389. The van der Waals surface area contributed by atoms with Crippen molar-refractivity contribution < 1.29 is 14.6 Å². The number of aliphatic hydroxyl groups excluding tert-OH is 1. The smallest absolute Gasteiger partial charge is 0.217 e. The van der Waals surface area contributed by atoms with E-state index in [9.17, 15) is 5.11 Å². The van der Waals surface area contributed by atoms with Gasteiger partial charge in [0.2, 0.25) is 5.88 Å². The van der Waals surface area contributed by atoms with Crippen LogP contribution in [0.2, 0.25) is 0 Å². The zero-order valence-electron chi connectivity index (χ0n) is 10.6. The topological polar surface area (TPSA) is 56.5 Å². The largest absolute Gasteiger partial charge is 0.481 e. The number of hydrogen-bond donors (Lipinski definition) is 1. The minimum atomic E-state index is -0.0996. The van der Waals surface area contributed by atoms with Gasteiger partial charge in [-0.05, 0) is 19.8 Å². The van der Waals surface area contributed by atoms with E-state index in [-0.39, 0.29) is 18.6 Å². The van der Waals surface area contributed by atoms with Crippen molar-refractivity contribution in [2.24, 2.45) is 13.0 Å². The van der Waals surface area contributed by atoms with Crippen LogP contribution in [0.3, 0.4) is 0 Å². The van der Waals surface area contributed by atoms with Crippen molar-refractivity contribution >= 4 is 0 Å². The van der Waals surface area contributed by atoms with Crippen molar-refractivity contribution in [3.05, 3.63) is 11.3 Å². The molecule has 5 heteroatoms. The van der Waals surface area contributed by atoms with Crippen molar-refractivity contribution in [2.75, 3.05) is 20.3 Å². The Kier molecular flexibility index (Phi) is 3.69. The van der Waals surface area contributed by atoms with Gasteiger partial charge in [-0.15, -0.1) is 0 Å². The Morgan fingerprint density at radius 3 is 3.00 bits per heavy atom. The van der Waals surface area contributed by atoms with Crippen LogP contribution in [0, 0.1) is 12.8 Å². The van der Waals surface area contributed by atoms with E-state index < -0.39 is 0 Å². The van der Waals surface area contributed by atoms with E-state index in [1.54, 1.807) is 11.8 Å². The molecule has 0 saturated carbocycles. The van der Waals surface area contributed by atoms with Gasteiger partial charge in [0.25, 0.3) is 0 Å². The molecule has 1 saturated heterocycles. The number of ether oxygens (including phenoxy) is 2. The molecule has 96 valence electrons. The fourth-order valence-corrected chi connectivity index (χ4v) is 2.57. The second-order valence-electron chi connectivity index (χ2n) is 4.51. The maximum Gasteiger partial charge on any atom is 0.217 e. The molecular formula is C12H20N2O3. The first-order valence-electron chi connectivity index (χ1n) is 5.99. The van der Waals surface area contributed by atoms with Gasteiger partial charge in [-0.25, -0.2) is 4.68 Å². The number of aromatic nitrogens is 2. The lowest BCUT2D eigenvalue weighted by atomic mass is 9.90. The molecule has 2 unspecified atom stereocenters. The van der Waals surface area contributed by atoms with Gasteiger partial charge in [-0.3, -0.25) is 0 Å². The summed E-state index contributed by atoms with van der Waals surface area (Å²) in [7, 11) is 3.49. The Labute approximate surface area is 101 Å². The van der Waals surface area contributed by atoms with E-state index in [2.05, 4.69) is 5.10 Å². The van der Waals surface area contributed by atoms with Gasteiger partial charge >= 0.3 is 0 Å². The first kappa shape index (κ1) is 12.4. The van der Waals surface area contributed by atoms with Crippen LogP contribution < -0.4 is 4.74 Å². The molecule has 5 nitrogen and oxygen atoms in total. The molecule has 0 bridgehead atoms. The number of nitrogens with zero attached hydrogens (tertiary/aromatic N) is 2. The highest BCUT2D eigenvalue weighted by molar-refractivity contribution is 5.34. The van der Waals surface area contributed by atoms with Crippen molar-refractivity contribution in [1.29, 1.82) is 0 Å². The monoisotopic (exact) mass is 240 g/mol. The van der Waals surface area contributed by atoms with E-state index in [1.165, 1.54) is 0 Å². The Morgan fingerprint density at radius 1 is 1.59 bits per heavy atom. The highest BCUT2D eigenvalue weighted by Crippen LogP contribution is 2.39. The molecule has 1 N–H and O–H groups in total. The normalized spacial score (nSPS) is 24.9. The second-order valence-corrected chi connectivity index (χ2v) is 4.51. The molecule has 1 aliphatic heterocycles. The summed E-state index contributed by atoms with van der Waals surface area (Å²) in [5.41, 5.74) is 1.89. The van der Waals surface area contributed by atoms with E-state index >= 15 is 0 Å². The maximum atomic E-state index is 9.44. The molecule has 2 atom stereocenters. The van der Waals surface area contributed by atoms with E-state index in [0.29, 0.717) is 0 Å². The fourth-order valence-electron chi connectivity index (χ4n) is 2.57. The van der Waals surface area contributed by atoms with Gasteiger partial charge in [0, 0.05) is 26.2 Å². The third kappa shape index (κ3) is 2.17. The zero-order valence-corrected chi connectivity index (χ0v) is 10.6. The van der Waals surface area contributed by atoms with Crippen LogP contribution in [-0.2, 0) is 11.8 Å². The van der Waals surface area contributed by atoms with Crippen LogP contribution in [-0.4, -0.2) is 35.2 Å². The van der Waals surface area contributed by atoms with Gasteiger partial charge in [-0.1, -0.05) is 0 Å². The third-order valence-corrected chi connectivity index (χ3v) is 3.37. The predicted octanol–water partition coefficient (Wildman–Crippen LogP) is 1.20. The number of aryl methyl sites for hydroxylation is 2. The molecule has 0 amide bonds. The lowest BCUT2D eigenvalue weighted by molar-refractivity contribution is -0.0470. The van der Waals surface area contributed by atoms with Crippen LogP contribution in [0.1, 0.15) is 30.2 Å². The molecule has 2 heterocycles. The lowest BCUT2D eigenvalue weighted by Crippen LogP contribution is -2.25. The second kappa shape index (κ2) is 5.06. The van der Waals surface area contributed by atoms with Crippen LogP contribution >= 0.6 is 0 Å². The number of rotatable bonds is 3. The van der Waals surface area contributed by atoms with Crippen molar-refractivity contribution in [3.63, 3.8) is 0 Å². The molecule has 2 rings (SSSR count). The maximum absolute atomic E-state index is 9.44. The standard InChI is InChI=1S/C12H20N2O3/c1-8-10(12(16-3)14(2)13-8)11-9(7-15)5-4-6-17-11/h9,11,15H,4-7H2,1-3H3. The predicted molar refractivity (Wildman–Crippen MR) is 63.0 cm³/mol. The molecular weight excluding hydrogens is 220 g/mol. The van der Waals surface area contributed by atoms with Gasteiger partial charge in [-0.2, -0.15) is 5.10 Å². The average Bonchev–Trinajstić information content (AvgIpc) is 2.63. The van der Waals surface area contributed by atoms with Crippen LogP contribution in [0.25, 0.3) is 0 Å². The summed E-state index contributed by atoms with van der Waals surface area (Å²) in [6.45, 7) is 2.82. The molecule has 17 heavy (non-hydrogen) atoms. The quantitative estimate of drug-likeness (QED) is 0.862. The van der Waals surface area contributed by atoms with Gasteiger partial charge in [0.1, 0.15) is 0 Å². The zero-order chi connectivity index (χ0) is 12.4. The van der Waals surface area contributed by atoms with Gasteiger partial charge in [0.05, 0.1) is 24.5 Å². The van der Waals surface area contributed by atoms with E-state index in [0.717, 1.165) is 36.6 Å². The van der Waals surface area contributed by atoms with Crippen LogP contribution in [0.4, 0.5) is 0 Å². The molecule has 1 aromatic rings. The van der Waals surface area contributed by atoms with Gasteiger partial charge in [0.15, 0.2) is 0 Å². The average molecular weight is 240 g/mol. The van der Waals surface area contributed by atoms with Crippen LogP contribution in [0.5, 0.6) is 5.88 Å². The molecule has 0 radical (unpaired) electrons. The molecule has 1 aromatic heterocycles. The summed E-state index contributed by atoms with van der Waals surface area (Å²) in [6, 6.07) is 0. The molecule has 1 aliphatic rings. The first-order valence-corrected chi connectivity index (χ1v) is 5.99. The highest BCUT2D eigenvalue weighted by atomic mass is 16.5. The molecule has 0 spiro atoms. The summed E-state index contributed by atoms with van der Waals surface area (Å²) in [6.07, 6.45) is 1.89. The number of hydrogen-bond acceptors (Lipinski definition) is 4. The summed E-state index contributed by atoms with van der Waals surface area (Å²) in [5, 5.41) is 13.8. The van der Waals surface area contributed by atoms with E-state index in [1.807, 2.05) is 14.0 Å². The summed E-state index contributed by atoms with van der Waals surface area (Å²) in [4.78, 5) is 0. The fraction of sp³-hybridized carbons (Fsp3) is 0.750.